The van der Waals surface area contributed by atoms with Gasteiger partial charge < -0.3 is 0 Å². The van der Waals surface area contributed by atoms with Gasteiger partial charge in [-0.05, 0) is 12.1 Å². The summed E-state index contributed by atoms with van der Waals surface area (Å²) in [5.41, 5.74) is 0. The topological polar surface area (TPSA) is 17.1 Å². The van der Waals surface area contributed by atoms with E-state index in [1.54, 1.807) is 0 Å². The van der Waals surface area contributed by atoms with Gasteiger partial charge in [-0.2, -0.15) is 0 Å². The molecule has 0 saturated carbocycles. The number of carbonyl (C=O) groups excluding carboxylic acids is 1. The van der Waals surface area contributed by atoms with E-state index in [0.717, 1.165) is 5.20 Å². The fourth-order valence-electron chi connectivity index (χ4n) is 0.118. The molecule has 0 aliphatic rings. The lowest BCUT2D eigenvalue weighted by atomic mass is 10.7. The van der Waals surface area contributed by atoms with Crippen molar-refractivity contribution in [1.29, 1.82) is 0 Å². The molecule has 0 aromatic rings. The summed E-state index contributed by atoms with van der Waals surface area (Å²) in [5, 5.41) is 0.931. The second kappa shape index (κ2) is 2.78. The van der Waals surface area contributed by atoms with Crippen LogP contribution in [0.3, 0.4) is 0 Å². The van der Waals surface area contributed by atoms with E-state index in [4.69, 9.17) is 0 Å². The van der Waals surface area contributed by atoms with Crippen molar-refractivity contribution in [3.8, 4) is 0 Å². The fraction of sp³-hybridized carbons (Fsp3) is 0.600. The van der Waals surface area contributed by atoms with E-state index < -0.39 is 8.80 Å². The van der Waals surface area contributed by atoms with Crippen LogP contribution >= 0.6 is 0 Å². The molecule has 0 aliphatic heterocycles. The summed E-state index contributed by atoms with van der Waals surface area (Å²) in [6.45, 7) is 6.07. The Hall–Kier alpha value is -0.333. The molecule has 0 aromatic carbocycles. The van der Waals surface area contributed by atoms with Crippen LogP contribution in [-0.4, -0.2) is 14.7 Å². The quantitative estimate of drug-likeness (QED) is 0.364. The normalized spacial score (nSPS) is 8.57. The van der Waals surface area contributed by atoms with Crippen LogP contribution in [-0.2, 0) is 4.79 Å². The van der Waals surface area contributed by atoms with E-state index >= 15 is 0 Å². The van der Waals surface area contributed by atoms with Crippen LogP contribution < -0.4 is 0 Å². The Morgan fingerprint density at radius 3 is 2.00 bits per heavy atom. The minimum Gasteiger partial charge on any atom is -0.234 e. The molecule has 0 atom stereocenters. The molecule has 0 saturated heterocycles. The van der Waals surface area contributed by atoms with Crippen LogP contribution in [0.1, 0.15) is 6.92 Å². The third-order valence-electron chi connectivity index (χ3n) is 1.03. The maximum absolute atomic E-state index is 9.82. The summed E-state index contributed by atoms with van der Waals surface area (Å²) in [6, 6.07) is 0. The highest BCUT2D eigenvalue weighted by atomic mass is 28.3. The first-order chi connectivity index (χ1) is 3.18. The number of hydrogen-bond acceptors (Lipinski definition) is 1. The molecule has 2 heteroatoms. The first kappa shape index (κ1) is 6.67. The average Bonchev–Trinajstić information content (AvgIpc) is 1.65. The zero-order valence-corrected chi connectivity index (χ0v) is 6.14. The molecule has 0 N–H and O–H groups in total. The molecule has 0 fully saturated rings. The largest absolute Gasteiger partial charge is 0.234 e. The van der Waals surface area contributed by atoms with Crippen LogP contribution in [0.25, 0.3) is 0 Å². The zero-order chi connectivity index (χ0) is 5.86. The first-order valence-corrected chi connectivity index (χ1v) is 5.28. The number of allylic oxidation sites excluding steroid dienone is 1. The molecule has 0 spiro atoms. The standard InChI is InChI=1S/C5H10OSi/c1-5(4-6)7(2)3/h7H,1-3H3. The van der Waals surface area contributed by atoms with E-state index in [0.29, 0.717) is 0 Å². The molecule has 0 unspecified atom stereocenters. The minimum absolute atomic E-state index is 0.772. The van der Waals surface area contributed by atoms with Gasteiger partial charge in [0.05, 0.1) is 8.80 Å². The Balaban J connectivity index is 3.81. The first-order valence-electron chi connectivity index (χ1n) is 2.40. The van der Waals surface area contributed by atoms with Gasteiger partial charge in [-0.25, -0.2) is 4.79 Å². The Morgan fingerprint density at radius 2 is 2.00 bits per heavy atom. The van der Waals surface area contributed by atoms with E-state index in [9.17, 15) is 4.79 Å². The van der Waals surface area contributed by atoms with Crippen molar-refractivity contribution >= 4 is 14.7 Å². The van der Waals surface area contributed by atoms with Crippen LogP contribution in [0.2, 0.25) is 13.1 Å². The highest BCUT2D eigenvalue weighted by Gasteiger charge is 1.95. The Kier molecular flexibility index (Phi) is 2.64. The fourth-order valence-corrected chi connectivity index (χ4v) is 0.354. The molecular weight excluding hydrogens is 104 g/mol. The predicted molar refractivity (Wildman–Crippen MR) is 33.8 cm³/mol. The van der Waals surface area contributed by atoms with Crippen LogP contribution in [0, 0.1) is 0 Å². The lowest BCUT2D eigenvalue weighted by Crippen LogP contribution is -2.01. The van der Waals surface area contributed by atoms with Gasteiger partial charge in [0.25, 0.3) is 0 Å². The molecule has 0 aliphatic carbocycles. The summed E-state index contributed by atoms with van der Waals surface area (Å²) in [4.78, 5) is 9.82. The van der Waals surface area contributed by atoms with Crippen molar-refractivity contribution < 1.29 is 4.79 Å². The van der Waals surface area contributed by atoms with Gasteiger partial charge in [-0.15, -0.1) is 0 Å². The molecule has 0 heterocycles. The summed E-state index contributed by atoms with van der Waals surface area (Å²) in [7, 11) is -0.772. The van der Waals surface area contributed by atoms with Gasteiger partial charge >= 0.3 is 0 Å². The van der Waals surface area contributed by atoms with Gasteiger partial charge in [0, 0.05) is 0 Å². The molecule has 7 heavy (non-hydrogen) atoms. The number of rotatable bonds is 1. The maximum atomic E-state index is 9.82. The molecule has 1 nitrogen and oxygen atoms in total. The van der Waals surface area contributed by atoms with Gasteiger partial charge in [0.15, 0.2) is 0 Å². The van der Waals surface area contributed by atoms with E-state index in [-0.39, 0.29) is 0 Å². The molecule has 0 amide bonds. The Bertz CT molecular complexity index is 101. The summed E-state index contributed by atoms with van der Waals surface area (Å²) in [6.07, 6.45) is 0. The lowest BCUT2D eigenvalue weighted by molar-refractivity contribution is 0.568. The lowest BCUT2D eigenvalue weighted by Gasteiger charge is -1.92. The molecular formula is C5H10OSi. The SMILES string of the molecule is CC(=C=O)[SiH](C)C. The zero-order valence-electron chi connectivity index (χ0n) is 4.99. The third-order valence-corrected chi connectivity index (χ3v) is 2.88. The number of hydrogen-bond donors (Lipinski definition) is 0. The van der Waals surface area contributed by atoms with Crippen molar-refractivity contribution in [2.75, 3.05) is 0 Å². The van der Waals surface area contributed by atoms with E-state index in [2.05, 4.69) is 13.1 Å². The predicted octanol–water partition coefficient (Wildman–Crippen LogP) is 0.790. The van der Waals surface area contributed by atoms with Gasteiger partial charge in [-0.1, -0.05) is 13.1 Å². The Labute approximate surface area is 45.6 Å². The molecule has 0 bridgehead atoms. The second-order valence-electron chi connectivity index (χ2n) is 1.94. The average molecular weight is 114 g/mol. The highest BCUT2D eigenvalue weighted by Crippen LogP contribution is 1.90. The van der Waals surface area contributed by atoms with Gasteiger partial charge in [0.2, 0.25) is 0 Å². The smallest absolute Gasteiger partial charge is 0.118 e. The van der Waals surface area contributed by atoms with Crippen molar-refractivity contribution in [2.24, 2.45) is 0 Å². The Morgan fingerprint density at radius 1 is 1.57 bits per heavy atom. The summed E-state index contributed by atoms with van der Waals surface area (Å²) >= 11 is 0. The van der Waals surface area contributed by atoms with Crippen molar-refractivity contribution in [3.05, 3.63) is 5.20 Å². The highest BCUT2D eigenvalue weighted by molar-refractivity contribution is 6.65. The van der Waals surface area contributed by atoms with Crippen LogP contribution in [0.4, 0.5) is 0 Å². The van der Waals surface area contributed by atoms with Crippen LogP contribution in [0.15, 0.2) is 5.20 Å². The molecule has 0 rings (SSSR count). The van der Waals surface area contributed by atoms with Crippen LogP contribution in [0.5, 0.6) is 0 Å². The van der Waals surface area contributed by atoms with E-state index in [1.165, 1.54) is 0 Å². The van der Waals surface area contributed by atoms with Crippen molar-refractivity contribution in [2.45, 2.75) is 20.0 Å². The van der Waals surface area contributed by atoms with Gasteiger partial charge in [-0.3, -0.25) is 0 Å². The van der Waals surface area contributed by atoms with E-state index in [1.807, 2.05) is 12.9 Å². The second-order valence-corrected chi connectivity index (χ2v) is 5.12. The molecule has 0 aromatic heterocycles. The van der Waals surface area contributed by atoms with Crippen molar-refractivity contribution in [1.82, 2.24) is 0 Å². The maximum Gasteiger partial charge on any atom is 0.118 e. The summed E-state index contributed by atoms with van der Waals surface area (Å²) in [5.74, 6) is 1.89. The molecule has 40 valence electrons. The third kappa shape index (κ3) is 2.37. The monoisotopic (exact) mass is 114 g/mol. The van der Waals surface area contributed by atoms with Crippen molar-refractivity contribution in [3.63, 3.8) is 0 Å². The molecule has 0 radical (unpaired) electrons. The minimum atomic E-state index is -0.772. The summed E-state index contributed by atoms with van der Waals surface area (Å²) < 4.78 is 0. The van der Waals surface area contributed by atoms with Gasteiger partial charge in [0.1, 0.15) is 5.94 Å².